The van der Waals surface area contributed by atoms with E-state index in [4.69, 9.17) is 15.5 Å². The molecule has 1 fully saturated rings. The van der Waals surface area contributed by atoms with Gasteiger partial charge in [0.2, 0.25) is 0 Å². The molecule has 1 saturated heterocycles. The van der Waals surface area contributed by atoms with Gasteiger partial charge in [0.25, 0.3) is 0 Å². The molecule has 1 aromatic heterocycles. The average Bonchev–Trinajstić information content (AvgIpc) is 2.78. The van der Waals surface area contributed by atoms with Gasteiger partial charge < -0.3 is 10.5 Å². The van der Waals surface area contributed by atoms with Crippen molar-refractivity contribution in [3.8, 4) is 0 Å². The number of hydrogen-bond acceptors (Lipinski definition) is 4. The molecule has 2 rings (SSSR count). The Morgan fingerprint density at radius 3 is 3.00 bits per heavy atom. The van der Waals surface area contributed by atoms with E-state index in [1.807, 2.05) is 0 Å². The van der Waals surface area contributed by atoms with Gasteiger partial charge in [0.15, 0.2) is 0 Å². The molecule has 90 valence electrons. The molecule has 0 aliphatic carbocycles. The molecule has 3 nitrogen and oxygen atoms in total. The second-order valence-electron chi connectivity index (χ2n) is 4.61. The molecule has 1 aliphatic rings. The van der Waals surface area contributed by atoms with Gasteiger partial charge >= 0.3 is 0 Å². The zero-order chi connectivity index (χ0) is 11.4. The van der Waals surface area contributed by atoms with Gasteiger partial charge in [-0.25, -0.2) is 4.98 Å². The fourth-order valence-electron chi connectivity index (χ4n) is 1.99. The lowest BCUT2D eigenvalue weighted by molar-refractivity contribution is 0.0852. The van der Waals surface area contributed by atoms with Crippen LogP contribution in [0.1, 0.15) is 36.4 Å². The molecule has 0 amide bonds. The zero-order valence-corrected chi connectivity index (χ0v) is 10.6. The van der Waals surface area contributed by atoms with Gasteiger partial charge in [0.05, 0.1) is 10.7 Å². The van der Waals surface area contributed by atoms with Crippen LogP contribution in [0.3, 0.4) is 0 Å². The predicted molar refractivity (Wildman–Crippen MR) is 66.8 cm³/mol. The van der Waals surface area contributed by atoms with E-state index in [-0.39, 0.29) is 0 Å². The van der Waals surface area contributed by atoms with E-state index in [1.165, 1.54) is 10.7 Å². The topological polar surface area (TPSA) is 48.1 Å². The van der Waals surface area contributed by atoms with Gasteiger partial charge in [-0.15, -0.1) is 11.3 Å². The Hall–Kier alpha value is -0.450. The second-order valence-corrected chi connectivity index (χ2v) is 5.50. The fourth-order valence-corrected chi connectivity index (χ4v) is 2.99. The fraction of sp³-hybridized carbons (Fsp3) is 0.750. The van der Waals surface area contributed by atoms with Crippen molar-refractivity contribution in [1.29, 1.82) is 0 Å². The summed E-state index contributed by atoms with van der Waals surface area (Å²) in [5.41, 5.74) is 6.84. The van der Waals surface area contributed by atoms with E-state index in [9.17, 15) is 0 Å². The van der Waals surface area contributed by atoms with Gasteiger partial charge in [-0.1, -0.05) is 6.92 Å². The summed E-state index contributed by atoms with van der Waals surface area (Å²) >= 11 is 1.80. The summed E-state index contributed by atoms with van der Waals surface area (Å²) in [7, 11) is 0. The lowest BCUT2D eigenvalue weighted by Gasteiger charge is -2.19. The smallest absolute Gasteiger partial charge is 0.0960 e. The Morgan fingerprint density at radius 2 is 2.31 bits per heavy atom. The van der Waals surface area contributed by atoms with Gasteiger partial charge in [0.1, 0.15) is 0 Å². The van der Waals surface area contributed by atoms with Crippen molar-refractivity contribution in [1.82, 2.24) is 4.98 Å². The van der Waals surface area contributed by atoms with Gasteiger partial charge in [0, 0.05) is 24.5 Å². The van der Waals surface area contributed by atoms with Crippen molar-refractivity contribution in [3.05, 3.63) is 16.1 Å². The van der Waals surface area contributed by atoms with Gasteiger partial charge in [-0.3, -0.25) is 0 Å². The van der Waals surface area contributed by atoms with Crippen molar-refractivity contribution in [3.63, 3.8) is 0 Å². The summed E-state index contributed by atoms with van der Waals surface area (Å²) in [6, 6.07) is 0. The first-order chi connectivity index (χ1) is 7.79. The minimum absolute atomic E-state index is 0.532. The van der Waals surface area contributed by atoms with Crippen LogP contribution >= 0.6 is 11.3 Å². The van der Waals surface area contributed by atoms with Crippen LogP contribution in [0.4, 0.5) is 0 Å². The highest BCUT2D eigenvalue weighted by Crippen LogP contribution is 2.29. The summed E-state index contributed by atoms with van der Waals surface area (Å²) in [6.45, 7) is 4.69. The maximum atomic E-state index is 5.63. The molecule has 1 aromatic rings. The Labute approximate surface area is 101 Å². The molecule has 0 aromatic carbocycles. The van der Waals surface area contributed by atoms with Crippen LogP contribution in [-0.2, 0) is 11.2 Å². The van der Waals surface area contributed by atoms with E-state index < -0.39 is 0 Å². The van der Waals surface area contributed by atoms with Crippen LogP contribution in [0.15, 0.2) is 5.38 Å². The third-order valence-electron chi connectivity index (χ3n) is 3.10. The summed E-state index contributed by atoms with van der Waals surface area (Å²) in [5, 5.41) is 3.49. The molecule has 0 spiro atoms. The Bertz CT molecular complexity index is 321. The summed E-state index contributed by atoms with van der Waals surface area (Å²) < 4.78 is 5.37. The van der Waals surface area contributed by atoms with Crippen LogP contribution in [0.25, 0.3) is 0 Å². The SMILES string of the molecule is CC(CN)Cc1csc(C2CCOCC2)n1. The van der Waals surface area contributed by atoms with Crippen LogP contribution in [-0.4, -0.2) is 24.7 Å². The quantitative estimate of drug-likeness (QED) is 0.877. The predicted octanol–water partition coefficient (Wildman–Crippen LogP) is 2.17. The summed E-state index contributed by atoms with van der Waals surface area (Å²) in [6.07, 6.45) is 3.26. The molecule has 0 radical (unpaired) electrons. The number of rotatable bonds is 4. The standard InChI is InChI=1S/C12H20N2OS/c1-9(7-13)6-11-8-16-12(14-11)10-2-4-15-5-3-10/h8-10H,2-7,13H2,1H3. The maximum Gasteiger partial charge on any atom is 0.0960 e. The lowest BCUT2D eigenvalue weighted by atomic mass is 10.0. The summed E-state index contributed by atoms with van der Waals surface area (Å²) in [4.78, 5) is 4.73. The number of ether oxygens (including phenoxy) is 1. The minimum atomic E-state index is 0.532. The Morgan fingerprint density at radius 1 is 1.56 bits per heavy atom. The molecular weight excluding hydrogens is 220 g/mol. The van der Waals surface area contributed by atoms with E-state index in [0.717, 1.165) is 39.0 Å². The van der Waals surface area contributed by atoms with Crippen molar-refractivity contribution in [2.24, 2.45) is 11.7 Å². The van der Waals surface area contributed by atoms with Crippen molar-refractivity contribution < 1.29 is 4.74 Å². The molecule has 16 heavy (non-hydrogen) atoms. The van der Waals surface area contributed by atoms with Crippen LogP contribution < -0.4 is 5.73 Å². The Kier molecular flexibility index (Phi) is 4.32. The third-order valence-corrected chi connectivity index (χ3v) is 4.16. The molecule has 0 bridgehead atoms. The van der Waals surface area contributed by atoms with Crippen LogP contribution in [0.5, 0.6) is 0 Å². The highest BCUT2D eigenvalue weighted by Gasteiger charge is 2.19. The molecule has 1 atom stereocenters. The third kappa shape index (κ3) is 3.03. The molecule has 2 heterocycles. The number of nitrogens with zero attached hydrogens (tertiary/aromatic N) is 1. The van der Waals surface area contributed by atoms with Gasteiger partial charge in [-0.2, -0.15) is 0 Å². The maximum absolute atomic E-state index is 5.63. The Balaban J connectivity index is 1.95. The normalized spacial score (nSPS) is 19.9. The number of thiazole rings is 1. The molecule has 0 saturated carbocycles. The number of hydrogen-bond donors (Lipinski definition) is 1. The highest BCUT2D eigenvalue weighted by molar-refractivity contribution is 7.09. The van der Waals surface area contributed by atoms with E-state index in [0.29, 0.717) is 11.8 Å². The first-order valence-corrected chi connectivity index (χ1v) is 6.89. The molecule has 1 aliphatic heterocycles. The molecule has 4 heteroatoms. The van der Waals surface area contributed by atoms with Crippen LogP contribution in [0.2, 0.25) is 0 Å². The molecule has 1 unspecified atom stereocenters. The number of nitrogens with two attached hydrogens (primary N) is 1. The lowest BCUT2D eigenvalue weighted by Crippen LogP contribution is -2.15. The highest BCUT2D eigenvalue weighted by atomic mass is 32.1. The average molecular weight is 240 g/mol. The molecule has 2 N–H and O–H groups in total. The van der Waals surface area contributed by atoms with Gasteiger partial charge in [-0.05, 0) is 31.7 Å². The first-order valence-electron chi connectivity index (χ1n) is 6.01. The van der Waals surface area contributed by atoms with Crippen molar-refractivity contribution in [2.75, 3.05) is 19.8 Å². The first kappa shape index (κ1) is 12.0. The van der Waals surface area contributed by atoms with Crippen LogP contribution in [0, 0.1) is 5.92 Å². The van der Waals surface area contributed by atoms with E-state index in [2.05, 4.69) is 12.3 Å². The van der Waals surface area contributed by atoms with E-state index >= 15 is 0 Å². The zero-order valence-electron chi connectivity index (χ0n) is 9.82. The monoisotopic (exact) mass is 240 g/mol. The minimum Gasteiger partial charge on any atom is -0.381 e. The van der Waals surface area contributed by atoms with E-state index in [1.54, 1.807) is 11.3 Å². The van der Waals surface area contributed by atoms with Crippen molar-refractivity contribution >= 4 is 11.3 Å². The summed E-state index contributed by atoms with van der Waals surface area (Å²) in [5.74, 6) is 1.16. The largest absolute Gasteiger partial charge is 0.381 e. The van der Waals surface area contributed by atoms with Crippen molar-refractivity contribution in [2.45, 2.75) is 32.1 Å². The second kappa shape index (κ2) is 5.75. The molecular formula is C12H20N2OS. The number of aromatic nitrogens is 1.